The maximum Gasteiger partial charge on any atom is 0.0577 e. The molecule has 31 heavy (non-hydrogen) atoms. The van der Waals surface area contributed by atoms with E-state index in [2.05, 4.69) is 37.8 Å². The standard InChI is InChI=1S/C27H43NO3/c1-14-4-5-23-15(2)26-20(13-28(23)12-14)17-9-21-19(18(17)10-25(26)31)11-24(30)22-8-16(29)6-7-27(21,22)3/h4-5,14-26,29-31H,6-13H2,1-3H3/t14-,15-,16-,17+,18-,19+,20-,21+,22+,23+,24+,25-,26+,27+/m0/s1. The maximum absolute atomic E-state index is 11.4. The number of piperidine rings is 1. The summed E-state index contributed by atoms with van der Waals surface area (Å²) in [6.07, 6.45) is 9.97. The third-order valence-corrected chi connectivity index (χ3v) is 11.5. The molecule has 0 bridgehead atoms. The molecule has 2 heterocycles. The second-order valence-electron chi connectivity index (χ2n) is 12.9. The predicted molar refractivity (Wildman–Crippen MR) is 121 cm³/mol. The molecule has 4 aliphatic carbocycles. The first-order valence-corrected chi connectivity index (χ1v) is 13.2. The molecule has 6 aliphatic rings. The van der Waals surface area contributed by atoms with Gasteiger partial charge in [-0.15, -0.1) is 0 Å². The number of aliphatic hydroxyl groups is 3. The first kappa shape index (κ1) is 21.1. The molecule has 0 spiro atoms. The third kappa shape index (κ3) is 3.00. The van der Waals surface area contributed by atoms with Gasteiger partial charge in [0.15, 0.2) is 0 Å². The van der Waals surface area contributed by atoms with E-state index in [4.69, 9.17) is 0 Å². The van der Waals surface area contributed by atoms with Crippen LogP contribution in [0.2, 0.25) is 0 Å². The summed E-state index contributed by atoms with van der Waals surface area (Å²) in [4.78, 5) is 2.73. The molecule has 3 N–H and O–H groups in total. The molecule has 4 heteroatoms. The Kier molecular flexibility index (Phi) is 4.97. The lowest BCUT2D eigenvalue weighted by Gasteiger charge is -2.57. The molecule has 0 aromatic carbocycles. The van der Waals surface area contributed by atoms with Gasteiger partial charge >= 0.3 is 0 Å². The Labute approximate surface area is 188 Å². The zero-order valence-corrected chi connectivity index (χ0v) is 19.6. The van der Waals surface area contributed by atoms with Gasteiger partial charge in [0, 0.05) is 19.1 Å². The highest BCUT2D eigenvalue weighted by atomic mass is 16.3. The Morgan fingerprint density at radius 2 is 1.55 bits per heavy atom. The fourth-order valence-corrected chi connectivity index (χ4v) is 10.2. The molecule has 0 radical (unpaired) electrons. The van der Waals surface area contributed by atoms with Gasteiger partial charge in [-0.3, -0.25) is 4.90 Å². The van der Waals surface area contributed by atoms with Crippen molar-refractivity contribution in [1.82, 2.24) is 4.90 Å². The van der Waals surface area contributed by atoms with Crippen molar-refractivity contribution in [3.63, 3.8) is 0 Å². The molecule has 174 valence electrons. The molecule has 4 saturated carbocycles. The van der Waals surface area contributed by atoms with Gasteiger partial charge in [-0.2, -0.15) is 0 Å². The smallest absolute Gasteiger partial charge is 0.0577 e. The summed E-state index contributed by atoms with van der Waals surface area (Å²) >= 11 is 0. The Balaban J connectivity index is 1.32. The minimum absolute atomic E-state index is 0.157. The van der Waals surface area contributed by atoms with Crippen LogP contribution in [0.1, 0.15) is 59.3 Å². The van der Waals surface area contributed by atoms with Crippen LogP contribution in [0.15, 0.2) is 12.2 Å². The molecule has 0 unspecified atom stereocenters. The molecular weight excluding hydrogens is 386 g/mol. The molecule has 5 fully saturated rings. The zero-order chi connectivity index (χ0) is 21.7. The third-order valence-electron chi connectivity index (χ3n) is 11.5. The van der Waals surface area contributed by atoms with Gasteiger partial charge in [-0.05, 0) is 97.2 Å². The normalized spacial score (nSPS) is 61.0. The largest absolute Gasteiger partial charge is 0.393 e. The summed E-state index contributed by atoms with van der Waals surface area (Å²) in [6.45, 7) is 9.46. The van der Waals surface area contributed by atoms with Crippen molar-refractivity contribution in [2.75, 3.05) is 13.1 Å². The lowest BCUT2D eigenvalue weighted by atomic mass is 9.51. The Morgan fingerprint density at radius 1 is 0.806 bits per heavy atom. The van der Waals surface area contributed by atoms with E-state index in [1.165, 1.54) is 6.42 Å². The van der Waals surface area contributed by atoms with Gasteiger partial charge in [0.05, 0.1) is 18.3 Å². The van der Waals surface area contributed by atoms with Crippen LogP contribution in [0, 0.1) is 58.7 Å². The fourth-order valence-electron chi connectivity index (χ4n) is 10.2. The highest BCUT2D eigenvalue weighted by Gasteiger charge is 2.63. The lowest BCUT2D eigenvalue weighted by Crippen LogP contribution is -2.60. The lowest BCUT2D eigenvalue weighted by molar-refractivity contribution is -0.136. The van der Waals surface area contributed by atoms with Crippen LogP contribution < -0.4 is 0 Å². The fraction of sp³-hybridized carbons (Fsp3) is 0.926. The van der Waals surface area contributed by atoms with E-state index in [-0.39, 0.29) is 29.6 Å². The topological polar surface area (TPSA) is 63.9 Å². The van der Waals surface area contributed by atoms with Crippen molar-refractivity contribution < 1.29 is 15.3 Å². The van der Waals surface area contributed by atoms with E-state index in [0.717, 1.165) is 45.2 Å². The van der Waals surface area contributed by atoms with E-state index in [9.17, 15) is 15.3 Å². The molecular formula is C27H43NO3. The maximum atomic E-state index is 11.4. The number of aliphatic hydroxyl groups excluding tert-OH is 3. The highest BCUT2D eigenvalue weighted by molar-refractivity contribution is 5.15. The predicted octanol–water partition coefficient (Wildman–Crippen LogP) is 3.31. The summed E-state index contributed by atoms with van der Waals surface area (Å²) in [5, 5.41) is 32.9. The number of fused-ring (bicyclic) bond motifs is 8. The average molecular weight is 430 g/mol. The van der Waals surface area contributed by atoms with Crippen LogP contribution in [-0.4, -0.2) is 57.7 Å². The van der Waals surface area contributed by atoms with Gasteiger partial charge < -0.3 is 15.3 Å². The van der Waals surface area contributed by atoms with E-state index in [1.54, 1.807) is 0 Å². The summed E-state index contributed by atoms with van der Waals surface area (Å²) in [5.41, 5.74) is 0.157. The molecule has 0 aromatic heterocycles. The van der Waals surface area contributed by atoms with Crippen molar-refractivity contribution in [2.24, 2.45) is 58.7 Å². The second-order valence-corrected chi connectivity index (χ2v) is 12.9. The van der Waals surface area contributed by atoms with Crippen LogP contribution in [0.4, 0.5) is 0 Å². The summed E-state index contributed by atoms with van der Waals surface area (Å²) < 4.78 is 0. The number of nitrogens with zero attached hydrogens (tertiary/aromatic N) is 1. The van der Waals surface area contributed by atoms with E-state index >= 15 is 0 Å². The number of hydrogen-bond donors (Lipinski definition) is 3. The molecule has 14 atom stereocenters. The summed E-state index contributed by atoms with van der Waals surface area (Å²) in [6, 6.07) is 0.496. The molecule has 0 aromatic rings. The van der Waals surface area contributed by atoms with Gasteiger partial charge in [-0.1, -0.05) is 32.9 Å². The quantitative estimate of drug-likeness (QED) is 0.517. The molecule has 2 aliphatic heterocycles. The highest BCUT2D eigenvalue weighted by Crippen LogP contribution is 2.66. The van der Waals surface area contributed by atoms with Crippen LogP contribution in [-0.2, 0) is 0 Å². The summed E-state index contributed by atoms with van der Waals surface area (Å²) in [7, 11) is 0. The monoisotopic (exact) mass is 429 g/mol. The van der Waals surface area contributed by atoms with Gasteiger partial charge in [-0.25, -0.2) is 0 Å². The first-order chi connectivity index (χ1) is 14.8. The van der Waals surface area contributed by atoms with Crippen molar-refractivity contribution in [2.45, 2.75) is 83.6 Å². The Hall–Kier alpha value is -0.420. The zero-order valence-electron chi connectivity index (χ0n) is 19.6. The van der Waals surface area contributed by atoms with Crippen molar-refractivity contribution in [3.8, 4) is 0 Å². The molecule has 4 nitrogen and oxygen atoms in total. The van der Waals surface area contributed by atoms with Crippen molar-refractivity contribution >= 4 is 0 Å². The van der Waals surface area contributed by atoms with Crippen LogP contribution in [0.3, 0.4) is 0 Å². The van der Waals surface area contributed by atoms with E-state index in [0.29, 0.717) is 53.4 Å². The number of rotatable bonds is 0. The SMILES string of the molecule is C[C@@H]1[C@@H]2[C@@H](CN3C[C@@H](C)C=C[C@H]13)[C@@H]1C[C@@H]3[C@H](C[C@@H](O)[C@H]4C[C@@H](O)CC[C@]34C)[C@H]1C[C@@H]2O. The minimum atomic E-state index is -0.280. The molecule has 1 saturated heterocycles. The van der Waals surface area contributed by atoms with Crippen LogP contribution in [0.5, 0.6) is 0 Å². The summed E-state index contributed by atoms with van der Waals surface area (Å²) in [5.74, 6) is 4.88. The first-order valence-electron chi connectivity index (χ1n) is 13.2. The minimum Gasteiger partial charge on any atom is -0.393 e. The van der Waals surface area contributed by atoms with E-state index < -0.39 is 0 Å². The van der Waals surface area contributed by atoms with Crippen LogP contribution in [0.25, 0.3) is 0 Å². The Morgan fingerprint density at radius 3 is 2.35 bits per heavy atom. The van der Waals surface area contributed by atoms with Gasteiger partial charge in [0.25, 0.3) is 0 Å². The van der Waals surface area contributed by atoms with Crippen LogP contribution >= 0.6 is 0 Å². The number of hydrogen-bond acceptors (Lipinski definition) is 4. The van der Waals surface area contributed by atoms with Crippen molar-refractivity contribution in [3.05, 3.63) is 12.2 Å². The Bertz CT molecular complexity index is 740. The molecule has 0 amide bonds. The van der Waals surface area contributed by atoms with Crippen molar-refractivity contribution in [1.29, 1.82) is 0 Å². The van der Waals surface area contributed by atoms with Gasteiger partial charge in [0.1, 0.15) is 0 Å². The second kappa shape index (κ2) is 7.29. The molecule has 6 rings (SSSR count). The average Bonchev–Trinajstić information content (AvgIpc) is 3.08. The van der Waals surface area contributed by atoms with Gasteiger partial charge in [0.2, 0.25) is 0 Å². The van der Waals surface area contributed by atoms with E-state index in [1.807, 2.05) is 0 Å².